The highest BCUT2D eigenvalue weighted by atomic mass is 32.2. The minimum atomic E-state index is -0.510. The van der Waals surface area contributed by atoms with E-state index in [4.69, 9.17) is 0 Å². The number of rotatable bonds is 7. The van der Waals surface area contributed by atoms with E-state index in [0.717, 1.165) is 25.2 Å². The van der Waals surface area contributed by atoms with Gasteiger partial charge in [-0.25, -0.2) is 0 Å². The first-order valence-corrected chi connectivity index (χ1v) is 9.68. The van der Waals surface area contributed by atoms with E-state index in [2.05, 4.69) is 20.1 Å². The summed E-state index contributed by atoms with van der Waals surface area (Å²) in [5.41, 5.74) is 0.0813. The number of hydrogen-bond acceptors (Lipinski definition) is 6. The predicted octanol–water partition coefficient (Wildman–Crippen LogP) is 3.59. The molecule has 138 valence electrons. The van der Waals surface area contributed by atoms with Crippen LogP contribution in [0.3, 0.4) is 0 Å². The van der Waals surface area contributed by atoms with Crippen molar-refractivity contribution in [2.45, 2.75) is 50.2 Å². The number of anilines is 1. The summed E-state index contributed by atoms with van der Waals surface area (Å²) in [6.07, 6.45) is 4.73. The van der Waals surface area contributed by atoms with Crippen LogP contribution in [0.1, 0.15) is 44.3 Å². The van der Waals surface area contributed by atoms with Gasteiger partial charge in [0.2, 0.25) is 5.91 Å². The molecule has 26 heavy (non-hydrogen) atoms. The summed E-state index contributed by atoms with van der Waals surface area (Å²) < 4.78 is 2.07. The van der Waals surface area contributed by atoms with Crippen molar-refractivity contribution in [1.29, 1.82) is 0 Å². The van der Waals surface area contributed by atoms with Gasteiger partial charge in [-0.2, -0.15) is 0 Å². The van der Waals surface area contributed by atoms with Gasteiger partial charge in [0.1, 0.15) is 11.5 Å². The highest BCUT2D eigenvalue weighted by Crippen LogP contribution is 2.34. The molecule has 0 aliphatic heterocycles. The van der Waals surface area contributed by atoms with Crippen LogP contribution in [0, 0.1) is 10.1 Å². The number of aromatic nitrogens is 3. The lowest BCUT2D eigenvalue weighted by Gasteiger charge is -2.11. The molecule has 0 radical (unpaired) electrons. The van der Waals surface area contributed by atoms with Crippen molar-refractivity contribution in [1.82, 2.24) is 14.8 Å². The van der Waals surface area contributed by atoms with Crippen LogP contribution in [0.15, 0.2) is 29.4 Å². The Hall–Kier alpha value is -2.42. The second-order valence-corrected chi connectivity index (χ2v) is 7.12. The molecule has 1 aromatic carbocycles. The molecule has 9 heteroatoms. The Balaban J connectivity index is 1.64. The molecule has 1 aliphatic rings. The van der Waals surface area contributed by atoms with E-state index in [1.54, 1.807) is 12.1 Å². The monoisotopic (exact) mass is 375 g/mol. The maximum Gasteiger partial charge on any atom is 0.292 e. The molecule has 8 nitrogen and oxygen atoms in total. The van der Waals surface area contributed by atoms with E-state index in [0.29, 0.717) is 11.1 Å². The van der Waals surface area contributed by atoms with Crippen LogP contribution in [-0.4, -0.2) is 31.3 Å². The van der Waals surface area contributed by atoms with Gasteiger partial charge in [0, 0.05) is 18.5 Å². The summed E-state index contributed by atoms with van der Waals surface area (Å²) in [6, 6.07) is 6.10. The van der Waals surface area contributed by atoms with Gasteiger partial charge in [0.25, 0.3) is 5.69 Å². The Bertz CT molecular complexity index is 801. The van der Waals surface area contributed by atoms with Crippen LogP contribution >= 0.6 is 11.8 Å². The van der Waals surface area contributed by atoms with Gasteiger partial charge in [0.15, 0.2) is 5.16 Å². The second-order valence-electron chi connectivity index (χ2n) is 6.18. The number of nitrogens with one attached hydrogen (secondary N) is 1. The van der Waals surface area contributed by atoms with Crippen molar-refractivity contribution in [3.63, 3.8) is 0 Å². The highest BCUT2D eigenvalue weighted by Gasteiger charge is 2.24. The number of para-hydroxylation sites is 2. The number of carbonyl (C=O) groups is 1. The molecule has 0 atom stereocenters. The number of hydrogen-bond donors (Lipinski definition) is 1. The third kappa shape index (κ3) is 4.04. The van der Waals surface area contributed by atoms with E-state index in [1.807, 2.05) is 6.92 Å². The fourth-order valence-electron chi connectivity index (χ4n) is 3.24. The first kappa shape index (κ1) is 18.4. The molecular weight excluding hydrogens is 354 g/mol. The SMILES string of the molecule is CCn1c(SCC(=O)Nc2ccccc2[N+](=O)[O-])nnc1C1CCCC1. The normalized spacial score (nSPS) is 14.5. The Labute approximate surface area is 155 Å². The molecule has 0 bridgehead atoms. The molecule has 0 unspecified atom stereocenters. The summed E-state index contributed by atoms with van der Waals surface area (Å²) in [7, 11) is 0. The van der Waals surface area contributed by atoms with Crippen LogP contribution < -0.4 is 5.32 Å². The van der Waals surface area contributed by atoms with Crippen molar-refractivity contribution in [3.8, 4) is 0 Å². The van der Waals surface area contributed by atoms with Crippen molar-refractivity contribution in [2.24, 2.45) is 0 Å². The second kappa shape index (κ2) is 8.31. The fraction of sp³-hybridized carbons (Fsp3) is 0.471. The third-order valence-electron chi connectivity index (χ3n) is 4.49. The van der Waals surface area contributed by atoms with Crippen molar-refractivity contribution < 1.29 is 9.72 Å². The van der Waals surface area contributed by atoms with Crippen LogP contribution in [0.5, 0.6) is 0 Å². The molecule has 0 spiro atoms. The van der Waals surface area contributed by atoms with Crippen LogP contribution in [0.4, 0.5) is 11.4 Å². The lowest BCUT2D eigenvalue weighted by atomic mass is 10.1. The number of carbonyl (C=O) groups excluding carboxylic acids is 1. The van der Waals surface area contributed by atoms with Gasteiger partial charge in [-0.05, 0) is 25.8 Å². The maximum atomic E-state index is 12.2. The molecule has 1 fully saturated rings. The zero-order valence-corrected chi connectivity index (χ0v) is 15.4. The van der Waals surface area contributed by atoms with Gasteiger partial charge in [-0.15, -0.1) is 10.2 Å². The third-order valence-corrected chi connectivity index (χ3v) is 5.46. The average molecular weight is 375 g/mol. The summed E-state index contributed by atoms with van der Waals surface area (Å²) >= 11 is 1.30. The number of nitrogens with zero attached hydrogens (tertiary/aromatic N) is 4. The van der Waals surface area contributed by atoms with Gasteiger partial charge in [0.05, 0.1) is 10.7 Å². The summed E-state index contributed by atoms with van der Waals surface area (Å²) in [5.74, 6) is 1.27. The summed E-state index contributed by atoms with van der Waals surface area (Å²) in [4.78, 5) is 22.7. The standard InChI is InChI=1S/C17H21N5O3S/c1-2-21-16(12-7-3-4-8-12)19-20-17(21)26-11-15(23)18-13-9-5-6-10-14(13)22(24)25/h5-6,9-10,12H,2-4,7-8,11H2,1H3,(H,18,23). The highest BCUT2D eigenvalue weighted by molar-refractivity contribution is 7.99. The number of benzene rings is 1. The van der Waals surface area contributed by atoms with E-state index in [9.17, 15) is 14.9 Å². The zero-order valence-electron chi connectivity index (χ0n) is 14.6. The Morgan fingerprint density at radius 3 is 2.77 bits per heavy atom. The number of nitro groups is 1. The number of amides is 1. The van der Waals surface area contributed by atoms with Crippen LogP contribution in [-0.2, 0) is 11.3 Å². The smallest absolute Gasteiger partial charge is 0.292 e. The number of thioether (sulfide) groups is 1. The molecule has 1 saturated carbocycles. The fourth-order valence-corrected chi connectivity index (χ4v) is 4.05. The largest absolute Gasteiger partial charge is 0.320 e. The predicted molar refractivity (Wildman–Crippen MR) is 99.4 cm³/mol. The molecule has 0 saturated heterocycles. The molecule has 1 heterocycles. The summed E-state index contributed by atoms with van der Waals surface area (Å²) in [6.45, 7) is 2.80. The van der Waals surface area contributed by atoms with Gasteiger partial charge in [-0.1, -0.05) is 36.7 Å². The average Bonchev–Trinajstić information content (AvgIpc) is 3.29. The summed E-state index contributed by atoms with van der Waals surface area (Å²) in [5, 5.41) is 22.9. The lowest BCUT2D eigenvalue weighted by molar-refractivity contribution is -0.383. The quantitative estimate of drug-likeness (QED) is 0.451. The van der Waals surface area contributed by atoms with Crippen molar-refractivity contribution in [2.75, 3.05) is 11.1 Å². The van der Waals surface area contributed by atoms with E-state index >= 15 is 0 Å². The Morgan fingerprint density at radius 2 is 2.08 bits per heavy atom. The van der Waals surface area contributed by atoms with Gasteiger partial charge >= 0.3 is 0 Å². The van der Waals surface area contributed by atoms with Crippen LogP contribution in [0.25, 0.3) is 0 Å². The first-order valence-electron chi connectivity index (χ1n) is 8.69. The van der Waals surface area contributed by atoms with Crippen molar-refractivity contribution >= 4 is 29.0 Å². The molecule has 1 aliphatic carbocycles. The zero-order chi connectivity index (χ0) is 18.5. The minimum absolute atomic E-state index is 0.119. The topological polar surface area (TPSA) is 103 Å². The van der Waals surface area contributed by atoms with E-state index in [-0.39, 0.29) is 23.0 Å². The first-order chi connectivity index (χ1) is 12.6. The molecule has 1 amide bonds. The molecule has 1 aromatic heterocycles. The molecule has 1 N–H and O–H groups in total. The minimum Gasteiger partial charge on any atom is -0.320 e. The Morgan fingerprint density at radius 1 is 1.35 bits per heavy atom. The van der Waals surface area contributed by atoms with Gasteiger partial charge < -0.3 is 9.88 Å². The van der Waals surface area contributed by atoms with Crippen LogP contribution in [0.2, 0.25) is 0 Å². The van der Waals surface area contributed by atoms with E-state index < -0.39 is 4.92 Å². The lowest BCUT2D eigenvalue weighted by Crippen LogP contribution is -2.15. The number of nitro benzene ring substituents is 1. The Kier molecular flexibility index (Phi) is 5.87. The van der Waals surface area contributed by atoms with Gasteiger partial charge in [-0.3, -0.25) is 14.9 Å². The molecular formula is C17H21N5O3S. The van der Waals surface area contributed by atoms with E-state index in [1.165, 1.54) is 36.7 Å². The molecule has 3 rings (SSSR count). The molecule has 2 aromatic rings. The van der Waals surface area contributed by atoms with Crippen molar-refractivity contribution in [3.05, 3.63) is 40.2 Å². The maximum absolute atomic E-state index is 12.2.